The molecule has 2 aromatic carbocycles. The molecular formula is C21H19FOS2. The van der Waals surface area contributed by atoms with E-state index >= 15 is 0 Å². The lowest BCUT2D eigenvalue weighted by atomic mass is 9.91. The number of ketones is 1. The number of carbonyl (C=O) groups excluding carboxylic acids is 1. The third-order valence-electron chi connectivity index (χ3n) is 4.46. The lowest BCUT2D eigenvalue weighted by molar-refractivity contribution is 0.102. The summed E-state index contributed by atoms with van der Waals surface area (Å²) in [5, 5.41) is 2.00. The molecule has 0 fully saturated rings. The van der Waals surface area contributed by atoms with Gasteiger partial charge in [-0.1, -0.05) is 30.3 Å². The highest BCUT2D eigenvalue weighted by molar-refractivity contribution is 7.98. The molecule has 128 valence electrons. The zero-order valence-electron chi connectivity index (χ0n) is 14.6. The predicted molar refractivity (Wildman–Crippen MR) is 106 cm³/mol. The van der Waals surface area contributed by atoms with Crippen LogP contribution in [0.2, 0.25) is 0 Å². The van der Waals surface area contributed by atoms with Crippen molar-refractivity contribution in [1.82, 2.24) is 0 Å². The van der Waals surface area contributed by atoms with Gasteiger partial charge in [-0.2, -0.15) is 0 Å². The largest absolute Gasteiger partial charge is 0.294 e. The van der Waals surface area contributed by atoms with Crippen LogP contribution in [0.4, 0.5) is 4.39 Å². The van der Waals surface area contributed by atoms with E-state index in [9.17, 15) is 9.18 Å². The normalized spacial score (nSPS) is 10.9. The van der Waals surface area contributed by atoms with Crippen LogP contribution in [0.15, 0.2) is 46.7 Å². The maximum Gasteiger partial charge on any atom is 0.170 e. The first-order valence-corrected chi connectivity index (χ1v) is 10.1. The van der Waals surface area contributed by atoms with Crippen LogP contribution >= 0.6 is 23.1 Å². The highest BCUT2D eigenvalue weighted by Crippen LogP contribution is 2.43. The highest BCUT2D eigenvalue weighted by Gasteiger charge is 2.22. The van der Waals surface area contributed by atoms with E-state index in [1.165, 1.54) is 23.1 Å². The molecule has 4 heteroatoms. The van der Waals surface area contributed by atoms with Gasteiger partial charge >= 0.3 is 0 Å². The molecule has 0 saturated carbocycles. The summed E-state index contributed by atoms with van der Waals surface area (Å²) in [6, 6.07) is 11.5. The first-order chi connectivity index (χ1) is 12.0. The number of thiophene rings is 1. The van der Waals surface area contributed by atoms with Crippen molar-refractivity contribution in [2.24, 2.45) is 0 Å². The van der Waals surface area contributed by atoms with Gasteiger partial charge in [0.2, 0.25) is 0 Å². The fourth-order valence-electron chi connectivity index (χ4n) is 3.08. The smallest absolute Gasteiger partial charge is 0.170 e. The van der Waals surface area contributed by atoms with Crippen LogP contribution < -0.4 is 0 Å². The van der Waals surface area contributed by atoms with Crippen molar-refractivity contribution in [3.8, 4) is 22.3 Å². The summed E-state index contributed by atoms with van der Waals surface area (Å²) in [6.07, 6.45) is 1.88. The monoisotopic (exact) mass is 370 g/mol. The van der Waals surface area contributed by atoms with Crippen LogP contribution in [0.5, 0.6) is 0 Å². The third kappa shape index (κ3) is 3.16. The van der Waals surface area contributed by atoms with Gasteiger partial charge in [-0.05, 0) is 60.7 Å². The van der Waals surface area contributed by atoms with Gasteiger partial charge in [-0.3, -0.25) is 4.79 Å². The Morgan fingerprint density at radius 2 is 1.76 bits per heavy atom. The molecule has 0 unspecified atom stereocenters. The molecule has 0 bridgehead atoms. The summed E-state index contributed by atoms with van der Waals surface area (Å²) in [5.74, 6) is -0.223. The van der Waals surface area contributed by atoms with Crippen molar-refractivity contribution < 1.29 is 9.18 Å². The molecule has 0 aliphatic rings. The molecule has 3 aromatic rings. The first-order valence-electron chi connectivity index (χ1n) is 7.97. The Morgan fingerprint density at radius 1 is 1.08 bits per heavy atom. The maximum absolute atomic E-state index is 14.6. The zero-order chi connectivity index (χ0) is 18.1. The van der Waals surface area contributed by atoms with E-state index < -0.39 is 0 Å². The summed E-state index contributed by atoms with van der Waals surface area (Å²) in [5.41, 5.74) is 5.61. The van der Waals surface area contributed by atoms with E-state index in [0.717, 1.165) is 33.4 Å². The molecule has 0 saturated heterocycles. The Kier molecular flexibility index (Phi) is 5.11. The van der Waals surface area contributed by atoms with Crippen LogP contribution in [0.3, 0.4) is 0 Å². The van der Waals surface area contributed by atoms with Crippen LogP contribution in [0.25, 0.3) is 22.3 Å². The van der Waals surface area contributed by atoms with Crippen LogP contribution in [-0.4, -0.2) is 12.0 Å². The summed E-state index contributed by atoms with van der Waals surface area (Å²) in [6.45, 7) is 5.51. The molecule has 0 aliphatic heterocycles. The van der Waals surface area contributed by atoms with Crippen molar-refractivity contribution in [1.29, 1.82) is 0 Å². The van der Waals surface area contributed by atoms with Crippen molar-refractivity contribution in [2.75, 3.05) is 6.26 Å². The zero-order valence-corrected chi connectivity index (χ0v) is 16.3. The lowest BCUT2D eigenvalue weighted by Gasteiger charge is -2.15. The van der Waals surface area contributed by atoms with Gasteiger partial charge in [-0.15, -0.1) is 23.1 Å². The number of thioether (sulfide) groups is 1. The first kappa shape index (κ1) is 17.9. The van der Waals surface area contributed by atoms with Crippen LogP contribution in [0.1, 0.15) is 27.7 Å². The minimum atomic E-state index is -0.231. The van der Waals surface area contributed by atoms with Gasteiger partial charge in [-0.25, -0.2) is 4.39 Å². The number of carbonyl (C=O) groups is 1. The van der Waals surface area contributed by atoms with E-state index in [2.05, 4.69) is 0 Å². The number of halogens is 1. The number of Topliss-reactive ketones (excluding diaryl/α,β-unsaturated/α-hetero) is 1. The average molecular weight is 371 g/mol. The number of benzene rings is 2. The summed E-state index contributed by atoms with van der Waals surface area (Å²) >= 11 is 2.84. The Hall–Kier alpha value is -1.91. The summed E-state index contributed by atoms with van der Waals surface area (Å²) in [7, 11) is 0. The molecule has 1 aromatic heterocycles. The van der Waals surface area contributed by atoms with Crippen LogP contribution in [0, 0.1) is 19.7 Å². The molecule has 1 heterocycles. The fourth-order valence-corrected chi connectivity index (χ4v) is 4.78. The molecule has 3 rings (SSSR count). The van der Waals surface area contributed by atoms with E-state index in [-0.39, 0.29) is 11.6 Å². The van der Waals surface area contributed by atoms with Crippen molar-refractivity contribution in [2.45, 2.75) is 25.7 Å². The minimum absolute atomic E-state index is 0.00795. The van der Waals surface area contributed by atoms with E-state index in [0.29, 0.717) is 9.77 Å². The second kappa shape index (κ2) is 7.14. The third-order valence-corrected chi connectivity index (χ3v) is 6.45. The Balaban J connectivity index is 2.34. The van der Waals surface area contributed by atoms with Gasteiger partial charge in [0.05, 0.1) is 4.88 Å². The second-order valence-corrected chi connectivity index (χ2v) is 7.66. The molecule has 0 atom stereocenters. The molecule has 1 nitrogen and oxygen atoms in total. The topological polar surface area (TPSA) is 17.1 Å². The minimum Gasteiger partial charge on any atom is -0.294 e. The number of hydrogen-bond acceptors (Lipinski definition) is 3. The SMILES string of the molecule is CSc1c(F)cc(-c2c(-c3ccccc3)csc2C(C)=O)c(C)c1C. The van der Waals surface area contributed by atoms with E-state index in [4.69, 9.17) is 0 Å². The molecule has 0 N–H and O–H groups in total. The van der Waals surface area contributed by atoms with E-state index in [1.807, 2.05) is 55.8 Å². The molecule has 0 aliphatic carbocycles. The molecule has 0 spiro atoms. The van der Waals surface area contributed by atoms with Gasteiger partial charge in [0.25, 0.3) is 0 Å². The molecular weight excluding hydrogens is 351 g/mol. The highest BCUT2D eigenvalue weighted by atomic mass is 32.2. The molecule has 25 heavy (non-hydrogen) atoms. The number of hydrogen-bond donors (Lipinski definition) is 0. The standard InChI is InChI=1S/C21H19FOS2/c1-12-13(2)20(24-4)18(22)10-16(12)19-17(11-25-21(19)14(3)23)15-8-6-5-7-9-15/h5-11H,1-4H3. The average Bonchev–Trinajstić information content (AvgIpc) is 3.04. The van der Waals surface area contributed by atoms with Gasteiger partial charge in [0.15, 0.2) is 5.78 Å². The Morgan fingerprint density at radius 3 is 2.36 bits per heavy atom. The van der Waals surface area contributed by atoms with Gasteiger partial charge in [0, 0.05) is 16.0 Å². The summed E-state index contributed by atoms with van der Waals surface area (Å²) in [4.78, 5) is 13.5. The molecule has 0 radical (unpaired) electrons. The molecule has 0 amide bonds. The van der Waals surface area contributed by atoms with Crippen molar-refractivity contribution in [3.05, 3.63) is 63.6 Å². The van der Waals surface area contributed by atoms with Gasteiger partial charge in [0.1, 0.15) is 5.82 Å². The second-order valence-electron chi connectivity index (χ2n) is 5.96. The Bertz CT molecular complexity index is 942. The quantitative estimate of drug-likeness (QED) is 0.373. The Labute approximate surface area is 155 Å². The number of rotatable bonds is 4. The predicted octanol–water partition coefficient (Wildman–Crippen LogP) is 6.76. The van der Waals surface area contributed by atoms with E-state index in [1.54, 1.807) is 13.0 Å². The van der Waals surface area contributed by atoms with Crippen LogP contribution in [-0.2, 0) is 0 Å². The fraction of sp³-hybridized carbons (Fsp3) is 0.190. The van der Waals surface area contributed by atoms with Crippen molar-refractivity contribution >= 4 is 28.9 Å². The maximum atomic E-state index is 14.6. The van der Waals surface area contributed by atoms with Crippen molar-refractivity contribution in [3.63, 3.8) is 0 Å². The lowest BCUT2D eigenvalue weighted by Crippen LogP contribution is -1.98. The van der Waals surface area contributed by atoms with Gasteiger partial charge < -0.3 is 0 Å². The summed E-state index contributed by atoms with van der Waals surface area (Å²) < 4.78 is 14.6.